The molecule has 2 N–H and O–H groups in total. The second kappa shape index (κ2) is 5.74. The number of aliphatic hydroxyl groups excluding tert-OH is 1. The van der Waals surface area contributed by atoms with Gasteiger partial charge in [-0.2, -0.15) is 0 Å². The molecule has 0 aliphatic carbocycles. The minimum atomic E-state index is -3.19. The highest BCUT2D eigenvalue weighted by atomic mass is 32.2. The van der Waals surface area contributed by atoms with Gasteiger partial charge in [-0.15, -0.1) is 0 Å². The maximum Gasteiger partial charge on any atom is 0.326 e. The first kappa shape index (κ1) is 15.7. The monoisotopic (exact) mass is 294 g/mol. The summed E-state index contributed by atoms with van der Waals surface area (Å²) < 4.78 is 22.0. The average molecular weight is 294 g/mol. The number of urea groups is 1. The molecular formula is C10H18N2O6S. The van der Waals surface area contributed by atoms with Gasteiger partial charge < -0.3 is 20.0 Å². The Morgan fingerprint density at radius 3 is 2.47 bits per heavy atom. The summed E-state index contributed by atoms with van der Waals surface area (Å²) >= 11 is 0. The van der Waals surface area contributed by atoms with Crippen LogP contribution in [0.1, 0.15) is 6.42 Å². The van der Waals surface area contributed by atoms with Crippen molar-refractivity contribution in [2.75, 3.05) is 32.1 Å². The number of carbonyl (C=O) groups excluding carboxylic acids is 1. The summed E-state index contributed by atoms with van der Waals surface area (Å²) in [7, 11) is -1.80. The van der Waals surface area contributed by atoms with Crippen LogP contribution in [-0.2, 0) is 14.6 Å². The van der Waals surface area contributed by atoms with E-state index in [4.69, 9.17) is 5.11 Å². The summed E-state index contributed by atoms with van der Waals surface area (Å²) in [6.07, 6.45) is 0.180. The third-order valence-corrected chi connectivity index (χ3v) is 3.86. The first-order valence-corrected chi connectivity index (χ1v) is 7.78. The molecule has 0 radical (unpaired) electrons. The Kier molecular flexibility index (Phi) is 4.75. The summed E-state index contributed by atoms with van der Waals surface area (Å²) in [6, 6.07) is -1.66. The van der Waals surface area contributed by atoms with Crippen LogP contribution in [0.4, 0.5) is 4.79 Å². The van der Waals surface area contributed by atoms with Crippen molar-refractivity contribution < 1.29 is 28.2 Å². The first-order valence-electron chi connectivity index (χ1n) is 5.72. The van der Waals surface area contributed by atoms with E-state index in [0.717, 1.165) is 16.1 Å². The summed E-state index contributed by atoms with van der Waals surface area (Å²) in [6.45, 7) is -0.0738. The molecule has 0 aromatic carbocycles. The number of hydrogen-bond donors (Lipinski definition) is 2. The molecular weight excluding hydrogens is 276 g/mol. The quantitative estimate of drug-likeness (QED) is 0.659. The Labute approximate surface area is 111 Å². The van der Waals surface area contributed by atoms with Crippen LogP contribution in [0, 0.1) is 0 Å². The highest BCUT2D eigenvalue weighted by molar-refractivity contribution is 7.90. The molecule has 0 bridgehead atoms. The number of likely N-dealkylation sites (tertiary alicyclic amines) is 1. The van der Waals surface area contributed by atoms with Crippen molar-refractivity contribution in [3.8, 4) is 0 Å². The fourth-order valence-corrected chi connectivity index (χ4v) is 2.48. The van der Waals surface area contributed by atoms with E-state index in [1.165, 1.54) is 7.05 Å². The van der Waals surface area contributed by atoms with Crippen LogP contribution < -0.4 is 0 Å². The zero-order chi connectivity index (χ0) is 14.8. The fraction of sp³-hybridized carbons (Fsp3) is 0.800. The molecule has 1 aliphatic rings. The fourth-order valence-electron chi connectivity index (χ4n) is 1.88. The van der Waals surface area contributed by atoms with Gasteiger partial charge in [-0.3, -0.25) is 0 Å². The molecule has 110 valence electrons. The van der Waals surface area contributed by atoms with Gasteiger partial charge in [0.2, 0.25) is 0 Å². The van der Waals surface area contributed by atoms with Crippen molar-refractivity contribution in [2.24, 2.45) is 0 Å². The van der Waals surface area contributed by atoms with Crippen LogP contribution in [0.25, 0.3) is 0 Å². The largest absolute Gasteiger partial charge is 0.480 e. The zero-order valence-electron chi connectivity index (χ0n) is 10.8. The number of amides is 2. The van der Waals surface area contributed by atoms with Crippen LogP contribution >= 0.6 is 0 Å². The Balaban J connectivity index is 2.68. The molecule has 0 saturated carbocycles. The number of rotatable bonds is 4. The Morgan fingerprint density at radius 1 is 1.42 bits per heavy atom. The summed E-state index contributed by atoms with van der Waals surface area (Å²) in [5.74, 6) is -1.37. The normalized spacial score (nSPS) is 23.4. The molecule has 0 aromatic rings. The van der Waals surface area contributed by atoms with Crippen LogP contribution in [0.3, 0.4) is 0 Å². The van der Waals surface area contributed by atoms with Crippen molar-refractivity contribution in [3.05, 3.63) is 0 Å². The average Bonchev–Trinajstić information content (AvgIpc) is 2.66. The predicted molar refractivity (Wildman–Crippen MR) is 66.5 cm³/mol. The second-order valence-electron chi connectivity index (χ2n) is 4.73. The minimum Gasteiger partial charge on any atom is -0.480 e. The van der Waals surface area contributed by atoms with Gasteiger partial charge in [0.05, 0.1) is 11.9 Å². The minimum absolute atomic E-state index is 0.0129. The lowest BCUT2D eigenvalue weighted by molar-refractivity contribution is -0.141. The number of sulfone groups is 1. The number of carbonyl (C=O) groups is 2. The Morgan fingerprint density at radius 2 is 2.00 bits per heavy atom. The van der Waals surface area contributed by atoms with Crippen molar-refractivity contribution in [3.63, 3.8) is 0 Å². The number of aliphatic hydroxyl groups is 1. The molecule has 19 heavy (non-hydrogen) atoms. The maximum atomic E-state index is 12.0. The highest BCUT2D eigenvalue weighted by Crippen LogP contribution is 2.19. The third-order valence-electron chi connectivity index (χ3n) is 2.93. The Hall–Kier alpha value is -1.35. The number of hydrogen-bond acceptors (Lipinski definition) is 5. The number of aliphatic carboxylic acids is 1. The van der Waals surface area contributed by atoms with Crippen molar-refractivity contribution in [1.29, 1.82) is 0 Å². The van der Waals surface area contributed by atoms with Gasteiger partial charge in [0.1, 0.15) is 15.9 Å². The van der Waals surface area contributed by atoms with Crippen molar-refractivity contribution in [2.45, 2.75) is 18.6 Å². The van der Waals surface area contributed by atoms with Gasteiger partial charge in [0.25, 0.3) is 0 Å². The van der Waals surface area contributed by atoms with E-state index in [1.54, 1.807) is 0 Å². The van der Waals surface area contributed by atoms with Crippen molar-refractivity contribution in [1.82, 2.24) is 9.80 Å². The Bertz CT molecular complexity index is 463. The lowest BCUT2D eigenvalue weighted by Gasteiger charge is -2.27. The van der Waals surface area contributed by atoms with E-state index in [9.17, 15) is 23.1 Å². The van der Waals surface area contributed by atoms with E-state index in [2.05, 4.69) is 0 Å². The summed E-state index contributed by atoms with van der Waals surface area (Å²) in [5.41, 5.74) is 0. The smallest absolute Gasteiger partial charge is 0.326 e. The first-order chi connectivity index (χ1) is 8.61. The molecule has 1 aliphatic heterocycles. The molecule has 9 heteroatoms. The molecule has 1 heterocycles. The van der Waals surface area contributed by atoms with E-state index < -0.39 is 34.0 Å². The van der Waals surface area contributed by atoms with Gasteiger partial charge in [0, 0.05) is 32.8 Å². The standard InChI is InChI=1S/C10H18N2O6S/c1-11(3-4-19(2,17)18)10(16)12-6-7(13)5-8(12)9(14)15/h7-8,13H,3-6H2,1-2H3,(H,14,15)/t7?,8-/m1/s1. The van der Waals surface area contributed by atoms with Gasteiger partial charge >= 0.3 is 12.0 Å². The van der Waals surface area contributed by atoms with Crippen LogP contribution in [0.5, 0.6) is 0 Å². The van der Waals surface area contributed by atoms with Gasteiger partial charge in [-0.05, 0) is 0 Å². The lowest BCUT2D eigenvalue weighted by Crippen LogP contribution is -2.47. The maximum absolute atomic E-state index is 12.0. The van der Waals surface area contributed by atoms with Gasteiger partial charge in [-0.25, -0.2) is 18.0 Å². The second-order valence-corrected chi connectivity index (χ2v) is 6.99. The molecule has 0 spiro atoms. The summed E-state index contributed by atoms with van der Waals surface area (Å²) in [5, 5.41) is 18.4. The molecule has 2 amide bonds. The molecule has 0 aromatic heterocycles. The topological polar surface area (TPSA) is 115 Å². The zero-order valence-corrected chi connectivity index (χ0v) is 11.6. The third kappa shape index (κ3) is 4.35. The molecule has 1 unspecified atom stereocenters. The predicted octanol–water partition coefficient (Wildman–Crippen LogP) is -1.40. The molecule has 2 atom stereocenters. The van der Waals surface area contributed by atoms with Crippen LogP contribution in [0.15, 0.2) is 0 Å². The van der Waals surface area contributed by atoms with E-state index in [-0.39, 0.29) is 25.3 Å². The molecule has 1 fully saturated rings. The van der Waals surface area contributed by atoms with Crippen LogP contribution in [-0.4, -0.2) is 84.7 Å². The molecule has 1 saturated heterocycles. The van der Waals surface area contributed by atoms with E-state index in [1.807, 2.05) is 0 Å². The summed E-state index contributed by atoms with van der Waals surface area (Å²) in [4.78, 5) is 25.2. The number of carboxylic acids is 1. The van der Waals surface area contributed by atoms with Crippen molar-refractivity contribution >= 4 is 21.8 Å². The van der Waals surface area contributed by atoms with E-state index in [0.29, 0.717) is 0 Å². The molecule has 8 nitrogen and oxygen atoms in total. The number of carboxylic acid groups (broad SMARTS) is 1. The van der Waals surface area contributed by atoms with Gasteiger partial charge in [-0.1, -0.05) is 0 Å². The lowest BCUT2D eigenvalue weighted by atomic mass is 10.2. The highest BCUT2D eigenvalue weighted by Gasteiger charge is 2.40. The number of nitrogens with zero attached hydrogens (tertiary/aromatic N) is 2. The van der Waals surface area contributed by atoms with Crippen LogP contribution in [0.2, 0.25) is 0 Å². The van der Waals surface area contributed by atoms with E-state index >= 15 is 0 Å². The molecule has 1 rings (SSSR count). The number of β-amino-alcohol motifs (C(OH)–C–C–N with tert-alkyl or cyclic N) is 1. The van der Waals surface area contributed by atoms with Gasteiger partial charge in [0.15, 0.2) is 0 Å². The SMILES string of the molecule is CN(CCS(C)(=O)=O)C(=O)N1CC(O)C[C@@H]1C(=O)O.